The first-order valence-electron chi connectivity index (χ1n) is 10.1. The van der Waals surface area contributed by atoms with Crippen LogP contribution in [0.5, 0.6) is 0 Å². The Kier molecular flexibility index (Phi) is 6.21. The fraction of sp³-hybridized carbons (Fsp3) is 0.391. The number of nitrogens with one attached hydrogen (secondary N) is 1. The first-order valence-corrected chi connectivity index (χ1v) is 11.2. The standard InChI is InChI=1S/C23H27N3O2S/c1-25-13-11-20(12-14-25)24-22(28)18-7-9-19(10-8-18)23-26(21(27)16-29-23)15-17-5-3-2-4-6-17/h2-10,20,23H,11-16H2,1H3,(H,24,28)/t23-/m0/s1. The molecule has 2 aromatic carbocycles. The maximum absolute atomic E-state index is 12.6. The van der Waals surface area contributed by atoms with Crippen molar-refractivity contribution in [2.75, 3.05) is 25.9 Å². The van der Waals surface area contributed by atoms with E-state index < -0.39 is 0 Å². The molecule has 2 fully saturated rings. The number of hydrogen-bond acceptors (Lipinski definition) is 4. The quantitative estimate of drug-likeness (QED) is 0.823. The third-order valence-electron chi connectivity index (χ3n) is 5.68. The summed E-state index contributed by atoms with van der Waals surface area (Å²) < 4.78 is 0. The summed E-state index contributed by atoms with van der Waals surface area (Å²) in [5, 5.41) is 3.15. The summed E-state index contributed by atoms with van der Waals surface area (Å²) in [7, 11) is 2.11. The number of likely N-dealkylation sites (tertiary alicyclic amines) is 1. The minimum atomic E-state index is -0.0117. The van der Waals surface area contributed by atoms with E-state index in [2.05, 4.69) is 17.3 Å². The predicted octanol–water partition coefficient (Wildman–Crippen LogP) is 3.28. The van der Waals surface area contributed by atoms with Crippen molar-refractivity contribution in [3.05, 3.63) is 71.3 Å². The van der Waals surface area contributed by atoms with Gasteiger partial charge < -0.3 is 15.1 Å². The van der Waals surface area contributed by atoms with E-state index in [1.807, 2.05) is 59.5 Å². The Morgan fingerprint density at radius 1 is 1.07 bits per heavy atom. The lowest BCUT2D eigenvalue weighted by Crippen LogP contribution is -2.43. The molecule has 4 rings (SSSR count). The van der Waals surface area contributed by atoms with Crippen molar-refractivity contribution in [1.82, 2.24) is 15.1 Å². The molecule has 5 nitrogen and oxygen atoms in total. The van der Waals surface area contributed by atoms with E-state index in [1.54, 1.807) is 11.8 Å². The molecule has 29 heavy (non-hydrogen) atoms. The number of rotatable bonds is 5. The van der Waals surface area contributed by atoms with Gasteiger partial charge in [0.1, 0.15) is 5.37 Å². The summed E-state index contributed by atoms with van der Waals surface area (Å²) in [4.78, 5) is 29.2. The summed E-state index contributed by atoms with van der Waals surface area (Å²) in [5.41, 5.74) is 2.87. The van der Waals surface area contributed by atoms with Crippen LogP contribution in [0.4, 0.5) is 0 Å². The molecule has 0 radical (unpaired) electrons. The van der Waals surface area contributed by atoms with Crippen LogP contribution in [-0.2, 0) is 11.3 Å². The van der Waals surface area contributed by atoms with E-state index in [0.717, 1.165) is 37.1 Å². The zero-order valence-corrected chi connectivity index (χ0v) is 17.5. The van der Waals surface area contributed by atoms with Crippen molar-refractivity contribution >= 4 is 23.6 Å². The molecule has 2 amide bonds. The van der Waals surface area contributed by atoms with Crippen molar-refractivity contribution < 1.29 is 9.59 Å². The summed E-state index contributed by atoms with van der Waals surface area (Å²) in [6.45, 7) is 2.65. The first kappa shape index (κ1) is 20.0. The molecule has 0 unspecified atom stereocenters. The lowest BCUT2D eigenvalue weighted by atomic mass is 10.0. The zero-order valence-electron chi connectivity index (χ0n) is 16.7. The number of nitrogens with zero attached hydrogens (tertiary/aromatic N) is 2. The topological polar surface area (TPSA) is 52.7 Å². The molecule has 152 valence electrons. The SMILES string of the molecule is CN1CCC(NC(=O)c2ccc([C@@H]3SCC(=O)N3Cc3ccccc3)cc2)CC1. The van der Waals surface area contributed by atoms with Crippen molar-refractivity contribution in [3.63, 3.8) is 0 Å². The lowest BCUT2D eigenvalue weighted by molar-refractivity contribution is -0.128. The van der Waals surface area contributed by atoms with Crippen LogP contribution in [0.2, 0.25) is 0 Å². The van der Waals surface area contributed by atoms with Crippen molar-refractivity contribution in [2.45, 2.75) is 30.8 Å². The maximum Gasteiger partial charge on any atom is 0.251 e. The predicted molar refractivity (Wildman–Crippen MR) is 117 cm³/mol. The average molecular weight is 410 g/mol. The summed E-state index contributed by atoms with van der Waals surface area (Å²) in [6, 6.07) is 18.0. The monoisotopic (exact) mass is 409 g/mol. The molecule has 0 bridgehead atoms. The van der Waals surface area contributed by atoms with Crippen LogP contribution < -0.4 is 5.32 Å². The Balaban J connectivity index is 1.41. The summed E-state index contributed by atoms with van der Waals surface area (Å²) in [5.74, 6) is 0.644. The smallest absolute Gasteiger partial charge is 0.251 e. The number of thioether (sulfide) groups is 1. The molecule has 6 heteroatoms. The molecular formula is C23H27N3O2S. The Bertz CT molecular complexity index is 848. The fourth-order valence-corrected chi connectivity index (χ4v) is 5.09. The molecule has 0 saturated carbocycles. The van der Waals surface area contributed by atoms with Crippen molar-refractivity contribution in [1.29, 1.82) is 0 Å². The molecule has 0 aromatic heterocycles. The van der Waals surface area contributed by atoms with E-state index in [9.17, 15) is 9.59 Å². The highest BCUT2D eigenvalue weighted by Gasteiger charge is 2.32. The third kappa shape index (κ3) is 4.82. The number of carbonyl (C=O) groups excluding carboxylic acids is 2. The maximum atomic E-state index is 12.6. The Hall–Kier alpha value is -2.31. The molecule has 1 atom stereocenters. The Morgan fingerprint density at radius 2 is 1.76 bits per heavy atom. The van der Waals surface area contributed by atoms with Crippen molar-refractivity contribution in [2.24, 2.45) is 0 Å². The van der Waals surface area contributed by atoms with Gasteiger partial charge in [0.05, 0.1) is 5.75 Å². The van der Waals surface area contributed by atoms with Gasteiger partial charge in [-0.2, -0.15) is 0 Å². The molecule has 0 aliphatic carbocycles. The molecule has 2 aliphatic heterocycles. The third-order valence-corrected chi connectivity index (χ3v) is 6.93. The fourth-order valence-electron chi connectivity index (χ4n) is 3.90. The van der Waals surface area contributed by atoms with Crippen LogP contribution in [-0.4, -0.2) is 53.5 Å². The summed E-state index contributed by atoms with van der Waals surface area (Å²) >= 11 is 1.65. The van der Waals surface area contributed by atoms with E-state index in [4.69, 9.17) is 0 Å². The van der Waals surface area contributed by atoms with Gasteiger partial charge >= 0.3 is 0 Å². The minimum Gasteiger partial charge on any atom is -0.349 e. The minimum absolute atomic E-state index is 0.00583. The lowest BCUT2D eigenvalue weighted by Gasteiger charge is -2.29. The van der Waals surface area contributed by atoms with Crippen LogP contribution >= 0.6 is 11.8 Å². The van der Waals surface area contributed by atoms with Gasteiger partial charge in [0.25, 0.3) is 5.91 Å². The van der Waals surface area contributed by atoms with Gasteiger partial charge in [-0.25, -0.2) is 0 Å². The van der Waals surface area contributed by atoms with Gasteiger partial charge in [-0.15, -0.1) is 11.8 Å². The average Bonchev–Trinajstić information content (AvgIpc) is 3.11. The highest BCUT2D eigenvalue weighted by atomic mass is 32.2. The number of benzene rings is 2. The first-order chi connectivity index (χ1) is 14.1. The second kappa shape index (κ2) is 9.01. The Labute approximate surface area is 176 Å². The van der Waals surface area contributed by atoms with E-state index in [1.165, 1.54) is 0 Å². The number of piperidine rings is 1. The second-order valence-electron chi connectivity index (χ2n) is 7.84. The van der Waals surface area contributed by atoms with Gasteiger partial charge in [-0.3, -0.25) is 9.59 Å². The van der Waals surface area contributed by atoms with Crippen LogP contribution in [0.25, 0.3) is 0 Å². The number of amides is 2. The Morgan fingerprint density at radius 3 is 2.45 bits per heavy atom. The number of hydrogen-bond donors (Lipinski definition) is 1. The molecule has 2 aliphatic rings. The van der Waals surface area contributed by atoms with Gasteiger partial charge in [-0.1, -0.05) is 42.5 Å². The van der Waals surface area contributed by atoms with Gasteiger partial charge in [0, 0.05) is 18.2 Å². The molecule has 2 heterocycles. The molecule has 2 saturated heterocycles. The van der Waals surface area contributed by atoms with Crippen LogP contribution in [0.1, 0.15) is 39.7 Å². The number of carbonyl (C=O) groups is 2. The van der Waals surface area contributed by atoms with Gasteiger partial charge in [0.2, 0.25) is 5.91 Å². The molecule has 2 aromatic rings. The van der Waals surface area contributed by atoms with Crippen LogP contribution in [0.3, 0.4) is 0 Å². The second-order valence-corrected chi connectivity index (χ2v) is 8.91. The van der Waals surface area contributed by atoms with Crippen molar-refractivity contribution in [3.8, 4) is 0 Å². The highest BCUT2D eigenvalue weighted by Crippen LogP contribution is 2.39. The van der Waals surface area contributed by atoms with Gasteiger partial charge in [-0.05, 0) is 56.2 Å². The van der Waals surface area contributed by atoms with E-state index >= 15 is 0 Å². The van der Waals surface area contributed by atoms with E-state index in [-0.39, 0.29) is 23.2 Å². The summed E-state index contributed by atoms with van der Waals surface area (Å²) in [6.07, 6.45) is 1.99. The van der Waals surface area contributed by atoms with E-state index in [0.29, 0.717) is 17.9 Å². The molecular weight excluding hydrogens is 382 g/mol. The molecule has 1 N–H and O–H groups in total. The van der Waals surface area contributed by atoms with Crippen LogP contribution in [0.15, 0.2) is 54.6 Å². The normalized spacial score (nSPS) is 20.8. The molecule has 0 spiro atoms. The zero-order chi connectivity index (χ0) is 20.2. The van der Waals surface area contributed by atoms with Crippen LogP contribution in [0, 0.1) is 0 Å². The highest BCUT2D eigenvalue weighted by molar-refractivity contribution is 8.00. The largest absolute Gasteiger partial charge is 0.349 e. The van der Waals surface area contributed by atoms with Gasteiger partial charge in [0.15, 0.2) is 0 Å².